The molecule has 0 spiro atoms. The molecular formula is C16H32N2O3. The number of amides is 2. The normalized spacial score (nSPS) is 14.2. The summed E-state index contributed by atoms with van der Waals surface area (Å²) in [5.41, 5.74) is -0.493. The minimum absolute atomic E-state index is 0.0387. The highest BCUT2D eigenvalue weighted by atomic mass is 16.6. The molecule has 124 valence electrons. The molecule has 0 heterocycles. The highest BCUT2D eigenvalue weighted by Crippen LogP contribution is 2.09. The van der Waals surface area contributed by atoms with Crippen LogP contribution in [0.25, 0.3) is 0 Å². The van der Waals surface area contributed by atoms with Gasteiger partial charge in [-0.15, -0.1) is 0 Å². The third-order valence-corrected chi connectivity index (χ3v) is 3.11. The van der Waals surface area contributed by atoms with Gasteiger partial charge in [-0.3, -0.25) is 4.79 Å². The molecule has 2 unspecified atom stereocenters. The smallest absolute Gasteiger partial charge is 0.407 e. The summed E-state index contributed by atoms with van der Waals surface area (Å²) in [6.45, 7) is 12.3. The first-order valence-electron chi connectivity index (χ1n) is 7.90. The van der Waals surface area contributed by atoms with Crippen molar-refractivity contribution in [2.24, 2.45) is 5.92 Å². The first-order valence-corrected chi connectivity index (χ1v) is 7.90. The molecule has 0 saturated heterocycles. The van der Waals surface area contributed by atoms with E-state index in [2.05, 4.69) is 24.5 Å². The number of ether oxygens (including phenoxy) is 1. The summed E-state index contributed by atoms with van der Waals surface area (Å²) in [7, 11) is 0. The van der Waals surface area contributed by atoms with Crippen molar-refractivity contribution in [3.8, 4) is 0 Å². The van der Waals surface area contributed by atoms with E-state index in [9.17, 15) is 9.59 Å². The van der Waals surface area contributed by atoms with E-state index in [1.165, 1.54) is 0 Å². The predicted octanol–water partition coefficient (Wildman–Crippen LogP) is 3.23. The number of hydrogen-bond acceptors (Lipinski definition) is 3. The van der Waals surface area contributed by atoms with Crippen molar-refractivity contribution in [2.45, 2.75) is 78.9 Å². The molecule has 0 radical (unpaired) electrons. The van der Waals surface area contributed by atoms with Crippen LogP contribution in [-0.4, -0.2) is 30.2 Å². The number of nitrogens with one attached hydrogen (secondary N) is 2. The molecule has 5 heteroatoms. The molecule has 0 aliphatic heterocycles. The maximum atomic E-state index is 11.7. The quantitative estimate of drug-likeness (QED) is 0.676. The Kier molecular flexibility index (Phi) is 9.06. The van der Waals surface area contributed by atoms with Crippen LogP contribution in [0, 0.1) is 5.92 Å². The first-order chi connectivity index (χ1) is 9.64. The third-order valence-electron chi connectivity index (χ3n) is 3.11. The summed E-state index contributed by atoms with van der Waals surface area (Å²) in [5, 5.41) is 5.64. The summed E-state index contributed by atoms with van der Waals surface area (Å²) in [5.74, 6) is 0.658. The third kappa shape index (κ3) is 12.2. The molecule has 2 N–H and O–H groups in total. The van der Waals surface area contributed by atoms with Crippen molar-refractivity contribution >= 4 is 12.0 Å². The fourth-order valence-electron chi connectivity index (χ4n) is 1.93. The van der Waals surface area contributed by atoms with Gasteiger partial charge in [0.15, 0.2) is 0 Å². The van der Waals surface area contributed by atoms with Gasteiger partial charge in [0.05, 0.1) is 0 Å². The van der Waals surface area contributed by atoms with Crippen LogP contribution in [0.2, 0.25) is 0 Å². The zero-order valence-corrected chi connectivity index (χ0v) is 14.4. The van der Waals surface area contributed by atoms with Gasteiger partial charge in [0.2, 0.25) is 5.91 Å². The average Bonchev–Trinajstić information content (AvgIpc) is 2.32. The van der Waals surface area contributed by atoms with Gasteiger partial charge in [-0.2, -0.15) is 0 Å². The molecule has 0 aromatic rings. The fourth-order valence-corrected chi connectivity index (χ4v) is 1.93. The molecule has 0 aromatic heterocycles. The number of rotatable bonds is 8. The lowest BCUT2D eigenvalue weighted by Crippen LogP contribution is -2.35. The second-order valence-corrected chi connectivity index (χ2v) is 6.75. The van der Waals surface area contributed by atoms with Crippen LogP contribution in [0.3, 0.4) is 0 Å². The Labute approximate surface area is 129 Å². The summed E-state index contributed by atoms with van der Waals surface area (Å²) in [4.78, 5) is 23.1. The van der Waals surface area contributed by atoms with E-state index in [1.807, 2.05) is 27.7 Å². The monoisotopic (exact) mass is 300 g/mol. The van der Waals surface area contributed by atoms with E-state index in [4.69, 9.17) is 4.74 Å². The Balaban J connectivity index is 3.73. The number of hydrogen-bond donors (Lipinski definition) is 2. The molecule has 0 rings (SSSR count). The predicted molar refractivity (Wildman–Crippen MR) is 85.1 cm³/mol. The Bertz CT molecular complexity index is 324. The van der Waals surface area contributed by atoms with Crippen LogP contribution in [-0.2, 0) is 9.53 Å². The molecule has 0 bridgehead atoms. The Hall–Kier alpha value is -1.26. The number of alkyl carbamates (subject to hydrolysis) is 1. The maximum absolute atomic E-state index is 11.7. The van der Waals surface area contributed by atoms with Crippen molar-refractivity contribution in [3.05, 3.63) is 0 Å². The maximum Gasteiger partial charge on any atom is 0.407 e. The summed E-state index contributed by atoms with van der Waals surface area (Å²) in [6.07, 6.45) is 2.72. The van der Waals surface area contributed by atoms with Crippen molar-refractivity contribution in [2.75, 3.05) is 6.54 Å². The second-order valence-electron chi connectivity index (χ2n) is 6.75. The lowest BCUT2D eigenvalue weighted by molar-refractivity contribution is -0.121. The Morgan fingerprint density at radius 1 is 1.19 bits per heavy atom. The van der Waals surface area contributed by atoms with E-state index in [0.717, 1.165) is 12.8 Å². The second kappa shape index (κ2) is 9.64. The topological polar surface area (TPSA) is 67.4 Å². The highest BCUT2D eigenvalue weighted by molar-refractivity contribution is 5.76. The van der Waals surface area contributed by atoms with E-state index in [0.29, 0.717) is 25.3 Å². The number of carbonyl (C=O) groups excluding carboxylic acids is 2. The minimum Gasteiger partial charge on any atom is -0.444 e. The Morgan fingerprint density at radius 3 is 2.33 bits per heavy atom. The SMILES string of the molecule is CCC(C)CC(C)NC(=O)CCCNC(=O)OC(C)(C)C. The average molecular weight is 300 g/mol. The lowest BCUT2D eigenvalue weighted by atomic mass is 10.0. The van der Waals surface area contributed by atoms with Gasteiger partial charge in [-0.1, -0.05) is 20.3 Å². The molecule has 21 heavy (non-hydrogen) atoms. The van der Waals surface area contributed by atoms with Crippen molar-refractivity contribution in [1.29, 1.82) is 0 Å². The van der Waals surface area contributed by atoms with Gasteiger partial charge in [-0.05, 0) is 46.5 Å². The van der Waals surface area contributed by atoms with Gasteiger partial charge in [-0.25, -0.2) is 4.79 Å². The van der Waals surface area contributed by atoms with Crippen LogP contribution < -0.4 is 10.6 Å². The van der Waals surface area contributed by atoms with Crippen molar-refractivity contribution in [1.82, 2.24) is 10.6 Å². The van der Waals surface area contributed by atoms with Crippen molar-refractivity contribution < 1.29 is 14.3 Å². The molecule has 0 aliphatic carbocycles. The van der Waals surface area contributed by atoms with Crippen LogP contribution in [0.5, 0.6) is 0 Å². The van der Waals surface area contributed by atoms with Crippen LogP contribution >= 0.6 is 0 Å². The molecule has 2 amide bonds. The van der Waals surface area contributed by atoms with E-state index in [1.54, 1.807) is 0 Å². The summed E-state index contributed by atoms with van der Waals surface area (Å²) in [6, 6.07) is 0.200. The van der Waals surface area contributed by atoms with Crippen LogP contribution in [0.15, 0.2) is 0 Å². The van der Waals surface area contributed by atoms with Crippen LogP contribution in [0.1, 0.15) is 67.2 Å². The largest absolute Gasteiger partial charge is 0.444 e. The van der Waals surface area contributed by atoms with E-state index >= 15 is 0 Å². The zero-order valence-electron chi connectivity index (χ0n) is 14.4. The van der Waals surface area contributed by atoms with Crippen molar-refractivity contribution in [3.63, 3.8) is 0 Å². The minimum atomic E-state index is -0.493. The molecule has 0 aliphatic rings. The van der Waals surface area contributed by atoms with E-state index in [-0.39, 0.29) is 11.9 Å². The highest BCUT2D eigenvalue weighted by Gasteiger charge is 2.15. The number of carbonyl (C=O) groups is 2. The standard InChI is InChI=1S/C16H32N2O3/c1-7-12(2)11-13(3)18-14(19)9-8-10-17-15(20)21-16(4,5)6/h12-13H,7-11H2,1-6H3,(H,17,20)(H,18,19). The first kappa shape index (κ1) is 19.7. The zero-order chi connectivity index (χ0) is 16.5. The lowest BCUT2D eigenvalue weighted by Gasteiger charge is -2.20. The van der Waals surface area contributed by atoms with Gasteiger partial charge >= 0.3 is 6.09 Å². The van der Waals surface area contributed by atoms with Gasteiger partial charge in [0.25, 0.3) is 0 Å². The van der Waals surface area contributed by atoms with E-state index < -0.39 is 11.7 Å². The molecular weight excluding hydrogens is 268 g/mol. The molecule has 0 saturated carbocycles. The molecule has 2 atom stereocenters. The molecule has 5 nitrogen and oxygen atoms in total. The Morgan fingerprint density at radius 2 is 1.81 bits per heavy atom. The summed E-state index contributed by atoms with van der Waals surface area (Å²) < 4.78 is 5.11. The van der Waals surface area contributed by atoms with Gasteiger partial charge in [0.1, 0.15) is 5.60 Å². The van der Waals surface area contributed by atoms with Crippen LogP contribution in [0.4, 0.5) is 4.79 Å². The molecule has 0 fully saturated rings. The summed E-state index contributed by atoms with van der Waals surface area (Å²) >= 11 is 0. The van der Waals surface area contributed by atoms with Gasteiger partial charge in [0, 0.05) is 19.0 Å². The van der Waals surface area contributed by atoms with Gasteiger partial charge < -0.3 is 15.4 Å². The molecule has 0 aromatic carbocycles. The fraction of sp³-hybridized carbons (Fsp3) is 0.875.